The van der Waals surface area contributed by atoms with E-state index in [2.05, 4.69) is 4.98 Å². The largest absolute Gasteiger partial charge is 0.443 e. The maximum absolute atomic E-state index is 5.35. The second-order valence-electron chi connectivity index (χ2n) is 3.51. The third-order valence-electron chi connectivity index (χ3n) is 2.32. The summed E-state index contributed by atoms with van der Waals surface area (Å²) in [7, 11) is 0. The van der Waals surface area contributed by atoms with Gasteiger partial charge in [0.05, 0.1) is 0 Å². The lowest BCUT2D eigenvalue weighted by Crippen LogP contribution is -1.94. The molecule has 3 nitrogen and oxygen atoms in total. The van der Waals surface area contributed by atoms with E-state index in [1.807, 2.05) is 54.6 Å². The smallest absolute Gasteiger partial charge is 0.181 e. The van der Waals surface area contributed by atoms with Crippen molar-refractivity contribution in [2.75, 3.05) is 0 Å². The summed E-state index contributed by atoms with van der Waals surface area (Å²) in [6.07, 6.45) is 1.45. The predicted molar refractivity (Wildman–Crippen MR) is 68.3 cm³/mol. The molecule has 0 saturated heterocycles. The summed E-state index contributed by atoms with van der Waals surface area (Å²) in [5, 5.41) is 0. The first-order valence-corrected chi connectivity index (χ1v) is 5.42. The number of hydrogen-bond acceptors (Lipinski definition) is 3. The van der Waals surface area contributed by atoms with Crippen LogP contribution in [0.2, 0.25) is 0 Å². The molecule has 0 bridgehead atoms. The Hall–Kier alpha value is -2.13. The Balaban J connectivity index is 0.000000128. The Kier molecular flexibility index (Phi) is 3.89. The first kappa shape index (κ1) is 11.4. The monoisotopic (exact) mass is 226 g/mol. The van der Waals surface area contributed by atoms with Crippen LogP contribution in [0.15, 0.2) is 65.4 Å². The number of aromatic nitrogens is 1. The minimum absolute atomic E-state index is 0.640. The van der Waals surface area contributed by atoms with Gasteiger partial charge in [-0.25, -0.2) is 4.98 Å². The molecule has 1 heterocycles. The van der Waals surface area contributed by atoms with Gasteiger partial charge in [-0.3, -0.25) is 0 Å². The van der Waals surface area contributed by atoms with Crippen LogP contribution in [0, 0.1) is 0 Å². The molecule has 0 aliphatic carbocycles. The van der Waals surface area contributed by atoms with E-state index in [9.17, 15) is 0 Å². The molecule has 0 spiro atoms. The van der Waals surface area contributed by atoms with Gasteiger partial charge in [-0.1, -0.05) is 42.5 Å². The maximum Gasteiger partial charge on any atom is 0.181 e. The van der Waals surface area contributed by atoms with E-state index >= 15 is 0 Å². The number of para-hydroxylation sites is 2. The van der Waals surface area contributed by atoms with Crippen LogP contribution < -0.4 is 5.73 Å². The quantitative estimate of drug-likeness (QED) is 0.694. The third kappa shape index (κ3) is 3.16. The predicted octanol–water partition coefficient (Wildman–Crippen LogP) is 2.97. The van der Waals surface area contributed by atoms with Crippen LogP contribution in [0.1, 0.15) is 5.56 Å². The summed E-state index contributed by atoms with van der Waals surface area (Å²) in [5.41, 5.74) is 8.30. The minimum Gasteiger partial charge on any atom is -0.443 e. The molecule has 0 saturated carbocycles. The summed E-state index contributed by atoms with van der Waals surface area (Å²) < 4.78 is 5.01. The summed E-state index contributed by atoms with van der Waals surface area (Å²) in [5.74, 6) is 0. The second kappa shape index (κ2) is 5.82. The van der Waals surface area contributed by atoms with Crippen LogP contribution >= 0.6 is 0 Å². The fraction of sp³-hybridized carbons (Fsp3) is 0.0714. The lowest BCUT2D eigenvalue weighted by atomic mass is 10.2. The van der Waals surface area contributed by atoms with Crippen molar-refractivity contribution in [3.8, 4) is 0 Å². The van der Waals surface area contributed by atoms with E-state index in [0.717, 1.165) is 11.1 Å². The molecule has 17 heavy (non-hydrogen) atoms. The SMILES string of the molecule is NCc1ccccc1.c1ccc2ocnc2c1. The number of rotatable bonds is 1. The van der Waals surface area contributed by atoms with Crippen LogP contribution in [0.4, 0.5) is 0 Å². The number of nitrogens with two attached hydrogens (primary N) is 1. The van der Waals surface area contributed by atoms with Gasteiger partial charge in [0.25, 0.3) is 0 Å². The Morgan fingerprint density at radius 2 is 1.65 bits per heavy atom. The van der Waals surface area contributed by atoms with E-state index < -0.39 is 0 Å². The van der Waals surface area contributed by atoms with Gasteiger partial charge < -0.3 is 10.2 Å². The number of hydrogen-bond donors (Lipinski definition) is 1. The van der Waals surface area contributed by atoms with Crippen LogP contribution in [-0.2, 0) is 6.54 Å². The summed E-state index contributed by atoms with van der Waals surface area (Å²) in [6.45, 7) is 0.640. The van der Waals surface area contributed by atoms with E-state index in [0.29, 0.717) is 6.54 Å². The summed E-state index contributed by atoms with van der Waals surface area (Å²) in [4.78, 5) is 3.95. The molecule has 0 radical (unpaired) electrons. The molecule has 0 unspecified atom stereocenters. The molecule has 2 aromatic carbocycles. The molecule has 3 heteroatoms. The van der Waals surface area contributed by atoms with E-state index in [-0.39, 0.29) is 0 Å². The van der Waals surface area contributed by atoms with Crippen LogP contribution in [0.5, 0.6) is 0 Å². The molecule has 0 aliphatic heterocycles. The van der Waals surface area contributed by atoms with Gasteiger partial charge in [-0.15, -0.1) is 0 Å². The molecule has 0 aliphatic rings. The number of nitrogens with zero attached hydrogens (tertiary/aromatic N) is 1. The highest BCUT2D eigenvalue weighted by atomic mass is 16.3. The molecule has 0 fully saturated rings. The summed E-state index contributed by atoms with van der Waals surface area (Å²) >= 11 is 0. The van der Waals surface area contributed by atoms with Crippen molar-refractivity contribution >= 4 is 11.1 Å². The third-order valence-corrected chi connectivity index (χ3v) is 2.32. The molecular weight excluding hydrogens is 212 g/mol. The fourth-order valence-electron chi connectivity index (χ4n) is 1.42. The van der Waals surface area contributed by atoms with E-state index in [1.54, 1.807) is 0 Å². The van der Waals surface area contributed by atoms with Crippen LogP contribution in [0.3, 0.4) is 0 Å². The Morgan fingerprint density at radius 3 is 2.29 bits per heavy atom. The number of oxazole rings is 1. The van der Waals surface area contributed by atoms with Crippen molar-refractivity contribution in [3.05, 3.63) is 66.6 Å². The highest BCUT2D eigenvalue weighted by molar-refractivity contribution is 5.71. The van der Waals surface area contributed by atoms with Gasteiger partial charge in [0.2, 0.25) is 0 Å². The molecule has 3 aromatic rings. The minimum atomic E-state index is 0.640. The van der Waals surface area contributed by atoms with Crippen LogP contribution in [-0.4, -0.2) is 4.98 Å². The zero-order valence-electron chi connectivity index (χ0n) is 9.41. The zero-order chi connectivity index (χ0) is 11.9. The van der Waals surface area contributed by atoms with Crippen molar-refractivity contribution in [2.45, 2.75) is 6.54 Å². The van der Waals surface area contributed by atoms with Gasteiger partial charge >= 0.3 is 0 Å². The van der Waals surface area contributed by atoms with Crippen LogP contribution in [0.25, 0.3) is 11.1 Å². The standard InChI is InChI=1S/C7H5NO.C7H9N/c1-2-4-7-6(3-1)8-5-9-7;8-6-7-4-2-1-3-5-7/h1-5H;1-5H,6,8H2. The molecule has 86 valence electrons. The van der Waals surface area contributed by atoms with Crippen molar-refractivity contribution in [1.29, 1.82) is 0 Å². The van der Waals surface area contributed by atoms with Gasteiger partial charge in [0, 0.05) is 6.54 Å². The van der Waals surface area contributed by atoms with Crippen molar-refractivity contribution in [2.24, 2.45) is 5.73 Å². The Bertz CT molecular complexity index is 530. The van der Waals surface area contributed by atoms with Gasteiger partial charge in [-0.2, -0.15) is 0 Å². The molecule has 0 atom stereocenters. The highest BCUT2D eigenvalue weighted by Gasteiger charge is 1.91. The normalized spacial score (nSPS) is 9.71. The maximum atomic E-state index is 5.35. The Morgan fingerprint density at radius 1 is 0.941 bits per heavy atom. The highest BCUT2D eigenvalue weighted by Crippen LogP contribution is 2.09. The second-order valence-corrected chi connectivity index (χ2v) is 3.51. The van der Waals surface area contributed by atoms with Gasteiger partial charge in [0.15, 0.2) is 12.0 Å². The Labute approximate surface area is 99.9 Å². The van der Waals surface area contributed by atoms with Gasteiger partial charge in [0.1, 0.15) is 5.52 Å². The van der Waals surface area contributed by atoms with E-state index in [4.69, 9.17) is 10.2 Å². The lowest BCUT2D eigenvalue weighted by molar-refractivity contribution is 0.602. The van der Waals surface area contributed by atoms with E-state index in [1.165, 1.54) is 12.0 Å². The van der Waals surface area contributed by atoms with Crippen molar-refractivity contribution in [3.63, 3.8) is 0 Å². The average Bonchev–Trinajstić information content (AvgIpc) is 2.89. The molecule has 0 amide bonds. The number of benzene rings is 2. The molecule has 1 aromatic heterocycles. The molecule has 3 rings (SSSR count). The first-order valence-electron chi connectivity index (χ1n) is 5.42. The lowest BCUT2D eigenvalue weighted by Gasteiger charge is -1.90. The average molecular weight is 226 g/mol. The fourth-order valence-corrected chi connectivity index (χ4v) is 1.42. The number of fused-ring (bicyclic) bond motifs is 1. The van der Waals surface area contributed by atoms with Crippen molar-refractivity contribution < 1.29 is 4.42 Å². The molecular formula is C14H14N2O. The van der Waals surface area contributed by atoms with Crippen molar-refractivity contribution in [1.82, 2.24) is 4.98 Å². The van der Waals surface area contributed by atoms with Gasteiger partial charge in [-0.05, 0) is 17.7 Å². The topological polar surface area (TPSA) is 52.0 Å². The zero-order valence-corrected chi connectivity index (χ0v) is 9.41. The summed E-state index contributed by atoms with van der Waals surface area (Å²) in [6, 6.07) is 17.7. The molecule has 2 N–H and O–H groups in total. The first-order chi connectivity index (χ1) is 8.40.